The maximum atomic E-state index is 6.13. The zero-order chi connectivity index (χ0) is 12.0. The van der Waals surface area contributed by atoms with Gasteiger partial charge in [0.15, 0.2) is 0 Å². The minimum absolute atomic E-state index is 0.207. The molecule has 0 spiro atoms. The number of anilines is 1. The molecule has 1 unspecified atom stereocenters. The maximum Gasteiger partial charge on any atom is 0.125 e. The van der Waals surface area contributed by atoms with E-state index in [0.717, 1.165) is 25.2 Å². The third-order valence-corrected chi connectivity index (χ3v) is 3.08. The Morgan fingerprint density at radius 2 is 2.00 bits per heavy atom. The first kappa shape index (κ1) is 13.0. The van der Waals surface area contributed by atoms with E-state index in [4.69, 9.17) is 5.73 Å². The predicted octanol–water partition coefficient (Wildman–Crippen LogP) is 2.57. The van der Waals surface area contributed by atoms with Crippen LogP contribution >= 0.6 is 0 Å². The Labute approximate surface area is 98.5 Å². The second kappa shape index (κ2) is 6.48. The lowest BCUT2D eigenvalue weighted by atomic mass is 9.95. The highest BCUT2D eigenvalue weighted by molar-refractivity contribution is 5.35. The third-order valence-electron chi connectivity index (χ3n) is 3.08. The molecule has 0 aromatic carbocycles. The van der Waals surface area contributed by atoms with Gasteiger partial charge in [0.05, 0.1) is 0 Å². The Hall–Kier alpha value is -1.09. The van der Waals surface area contributed by atoms with E-state index in [1.54, 1.807) is 0 Å². The van der Waals surface area contributed by atoms with Crippen LogP contribution in [0.25, 0.3) is 0 Å². The van der Waals surface area contributed by atoms with Crippen LogP contribution in [0.1, 0.15) is 32.3 Å². The van der Waals surface area contributed by atoms with Gasteiger partial charge in [0, 0.05) is 18.8 Å². The molecule has 0 aliphatic heterocycles. The van der Waals surface area contributed by atoms with Gasteiger partial charge in [0.1, 0.15) is 5.82 Å². The van der Waals surface area contributed by atoms with Crippen molar-refractivity contribution in [3.63, 3.8) is 0 Å². The Kier molecular flexibility index (Phi) is 5.26. The summed E-state index contributed by atoms with van der Waals surface area (Å²) in [6.07, 6.45) is 4.15. The molecule has 1 rings (SSSR count). The largest absolute Gasteiger partial charge is 0.369 e. The molecule has 1 aromatic heterocycles. The van der Waals surface area contributed by atoms with Crippen LogP contribution in [0.5, 0.6) is 0 Å². The second-order valence-corrected chi connectivity index (χ2v) is 4.34. The quantitative estimate of drug-likeness (QED) is 0.776. The molecule has 1 aromatic rings. The molecule has 3 nitrogen and oxygen atoms in total. The molecule has 0 saturated heterocycles. The van der Waals surface area contributed by atoms with Crippen molar-refractivity contribution in [2.75, 3.05) is 11.9 Å². The lowest BCUT2D eigenvalue weighted by Crippen LogP contribution is -2.36. The van der Waals surface area contributed by atoms with Crippen LogP contribution in [-0.2, 0) is 0 Å². The summed E-state index contributed by atoms with van der Waals surface area (Å²) in [6.45, 7) is 7.21. The van der Waals surface area contributed by atoms with E-state index < -0.39 is 0 Å². The van der Waals surface area contributed by atoms with Gasteiger partial charge in [0.25, 0.3) is 0 Å². The van der Waals surface area contributed by atoms with E-state index >= 15 is 0 Å². The number of pyridine rings is 1. The first-order chi connectivity index (χ1) is 7.67. The molecule has 0 radical (unpaired) electrons. The topological polar surface area (TPSA) is 50.9 Å². The van der Waals surface area contributed by atoms with Crippen molar-refractivity contribution in [2.45, 2.75) is 39.7 Å². The zero-order valence-electron chi connectivity index (χ0n) is 10.5. The first-order valence-corrected chi connectivity index (χ1v) is 6.09. The Bertz CT molecular complexity index is 291. The van der Waals surface area contributed by atoms with Crippen LogP contribution in [-0.4, -0.2) is 17.6 Å². The van der Waals surface area contributed by atoms with Crippen LogP contribution in [0.3, 0.4) is 0 Å². The summed E-state index contributed by atoms with van der Waals surface area (Å²) in [6, 6.07) is 4.26. The molecule has 0 fully saturated rings. The average Bonchev–Trinajstić information content (AvgIpc) is 2.30. The van der Waals surface area contributed by atoms with Crippen LogP contribution in [0.2, 0.25) is 0 Å². The van der Waals surface area contributed by atoms with Crippen molar-refractivity contribution in [3.8, 4) is 0 Å². The van der Waals surface area contributed by atoms with E-state index in [1.807, 2.05) is 19.2 Å². The van der Waals surface area contributed by atoms with Crippen molar-refractivity contribution in [1.82, 2.24) is 4.98 Å². The number of aryl methyl sites for hydroxylation is 1. The number of nitrogens with zero attached hydrogens (tertiary/aromatic N) is 1. The highest BCUT2D eigenvalue weighted by Gasteiger charge is 2.13. The van der Waals surface area contributed by atoms with E-state index in [-0.39, 0.29) is 6.04 Å². The molecule has 0 amide bonds. The minimum atomic E-state index is 0.207. The second-order valence-electron chi connectivity index (χ2n) is 4.34. The van der Waals surface area contributed by atoms with E-state index in [9.17, 15) is 0 Å². The summed E-state index contributed by atoms with van der Waals surface area (Å²) in [4.78, 5) is 4.29. The highest BCUT2D eigenvalue weighted by Crippen LogP contribution is 2.12. The van der Waals surface area contributed by atoms with Crippen molar-refractivity contribution in [2.24, 2.45) is 11.7 Å². The van der Waals surface area contributed by atoms with E-state index in [2.05, 4.69) is 30.2 Å². The van der Waals surface area contributed by atoms with Crippen LogP contribution in [0, 0.1) is 12.8 Å². The smallest absolute Gasteiger partial charge is 0.125 e. The molecule has 0 bridgehead atoms. The average molecular weight is 221 g/mol. The van der Waals surface area contributed by atoms with Crippen molar-refractivity contribution >= 4 is 5.82 Å². The molecule has 0 aliphatic rings. The van der Waals surface area contributed by atoms with Crippen molar-refractivity contribution in [3.05, 3.63) is 23.9 Å². The summed E-state index contributed by atoms with van der Waals surface area (Å²) >= 11 is 0. The zero-order valence-corrected chi connectivity index (χ0v) is 10.5. The fourth-order valence-corrected chi connectivity index (χ4v) is 1.86. The molecule has 3 N–H and O–H groups in total. The van der Waals surface area contributed by atoms with Gasteiger partial charge in [-0.3, -0.25) is 0 Å². The number of aromatic nitrogens is 1. The Morgan fingerprint density at radius 1 is 1.31 bits per heavy atom. The van der Waals surface area contributed by atoms with Gasteiger partial charge in [-0.15, -0.1) is 0 Å². The molecule has 3 heteroatoms. The molecule has 1 atom stereocenters. The molecule has 90 valence electrons. The lowest BCUT2D eigenvalue weighted by molar-refractivity contribution is 0.407. The van der Waals surface area contributed by atoms with Crippen LogP contribution in [0.4, 0.5) is 5.82 Å². The first-order valence-electron chi connectivity index (χ1n) is 6.09. The van der Waals surface area contributed by atoms with Gasteiger partial charge in [-0.2, -0.15) is 0 Å². The number of hydrogen-bond donors (Lipinski definition) is 2. The Balaban J connectivity index is 2.42. The number of hydrogen-bond acceptors (Lipinski definition) is 3. The Morgan fingerprint density at radius 3 is 2.50 bits per heavy atom. The molecular formula is C13H23N3. The standard InChI is InChI=1S/C13H23N3/c1-4-11(5-2)12(14)9-16-13-7-6-10(3)8-15-13/h6-8,11-12H,4-5,9,14H2,1-3H3,(H,15,16). The van der Waals surface area contributed by atoms with Crippen molar-refractivity contribution in [1.29, 1.82) is 0 Å². The summed E-state index contributed by atoms with van der Waals surface area (Å²) in [7, 11) is 0. The van der Waals surface area contributed by atoms with Gasteiger partial charge in [-0.05, 0) is 24.5 Å². The number of nitrogens with two attached hydrogens (primary N) is 1. The molecular weight excluding hydrogens is 198 g/mol. The minimum Gasteiger partial charge on any atom is -0.369 e. The summed E-state index contributed by atoms with van der Waals surface area (Å²) < 4.78 is 0. The van der Waals surface area contributed by atoms with Gasteiger partial charge in [-0.1, -0.05) is 32.8 Å². The SMILES string of the molecule is CCC(CC)C(N)CNc1ccc(C)cn1. The highest BCUT2D eigenvalue weighted by atomic mass is 15.0. The van der Waals surface area contributed by atoms with E-state index in [0.29, 0.717) is 5.92 Å². The fourth-order valence-electron chi connectivity index (χ4n) is 1.86. The summed E-state index contributed by atoms with van der Waals surface area (Å²) in [5.74, 6) is 1.50. The molecule has 1 heterocycles. The fraction of sp³-hybridized carbons (Fsp3) is 0.615. The summed E-state index contributed by atoms with van der Waals surface area (Å²) in [5, 5.41) is 3.28. The van der Waals surface area contributed by atoms with Crippen molar-refractivity contribution < 1.29 is 0 Å². The van der Waals surface area contributed by atoms with Gasteiger partial charge >= 0.3 is 0 Å². The molecule has 16 heavy (non-hydrogen) atoms. The normalized spacial score (nSPS) is 12.8. The van der Waals surface area contributed by atoms with Gasteiger partial charge in [0.2, 0.25) is 0 Å². The monoisotopic (exact) mass is 221 g/mol. The van der Waals surface area contributed by atoms with Gasteiger partial charge < -0.3 is 11.1 Å². The number of nitrogens with one attached hydrogen (secondary N) is 1. The van der Waals surface area contributed by atoms with E-state index in [1.165, 1.54) is 5.56 Å². The van der Waals surface area contributed by atoms with Crippen LogP contribution in [0.15, 0.2) is 18.3 Å². The maximum absolute atomic E-state index is 6.13. The predicted molar refractivity (Wildman–Crippen MR) is 69.5 cm³/mol. The van der Waals surface area contributed by atoms with Crippen LogP contribution < -0.4 is 11.1 Å². The third kappa shape index (κ3) is 3.81. The number of rotatable bonds is 6. The lowest BCUT2D eigenvalue weighted by Gasteiger charge is -2.21. The molecule has 0 aliphatic carbocycles. The summed E-state index contributed by atoms with van der Waals surface area (Å²) in [5.41, 5.74) is 7.30. The molecule has 0 saturated carbocycles. The van der Waals surface area contributed by atoms with Gasteiger partial charge in [-0.25, -0.2) is 4.98 Å².